The zero-order valence-corrected chi connectivity index (χ0v) is 16.8. The minimum Gasteiger partial charge on any atom is -0.462 e. The molecule has 3 rings (SSSR count). The highest BCUT2D eigenvalue weighted by Crippen LogP contribution is 2.32. The molecule has 0 spiro atoms. The first-order valence-corrected chi connectivity index (χ1v) is 9.80. The van der Waals surface area contributed by atoms with Crippen molar-refractivity contribution in [3.05, 3.63) is 17.3 Å². The number of rotatable bonds is 3. The molecular formula is C18H24N4O4S. The Morgan fingerprint density at radius 1 is 1.19 bits per heavy atom. The second-order valence-corrected chi connectivity index (χ2v) is 8.06. The lowest BCUT2D eigenvalue weighted by Crippen LogP contribution is -2.50. The maximum absolute atomic E-state index is 12.3. The van der Waals surface area contributed by atoms with Crippen LogP contribution in [0.3, 0.4) is 0 Å². The van der Waals surface area contributed by atoms with Gasteiger partial charge in [-0.3, -0.25) is 0 Å². The third-order valence-electron chi connectivity index (χ3n) is 4.08. The van der Waals surface area contributed by atoms with Gasteiger partial charge in [-0.2, -0.15) is 0 Å². The van der Waals surface area contributed by atoms with Crippen molar-refractivity contribution in [3.8, 4) is 0 Å². The molecule has 9 heteroatoms. The third kappa shape index (κ3) is 4.29. The summed E-state index contributed by atoms with van der Waals surface area (Å²) in [4.78, 5) is 37.7. The van der Waals surface area contributed by atoms with Crippen LogP contribution >= 0.6 is 11.3 Å². The molecule has 1 saturated heterocycles. The Bertz CT molecular complexity index is 837. The van der Waals surface area contributed by atoms with Gasteiger partial charge in [0.25, 0.3) is 0 Å². The van der Waals surface area contributed by atoms with Crippen molar-refractivity contribution in [2.45, 2.75) is 33.3 Å². The highest BCUT2D eigenvalue weighted by Gasteiger charge is 2.28. The van der Waals surface area contributed by atoms with E-state index in [1.807, 2.05) is 20.8 Å². The van der Waals surface area contributed by atoms with Crippen LogP contribution < -0.4 is 4.90 Å². The van der Waals surface area contributed by atoms with Gasteiger partial charge < -0.3 is 19.3 Å². The average molecular weight is 392 g/mol. The fourth-order valence-electron chi connectivity index (χ4n) is 2.89. The number of ether oxygens (including phenoxy) is 2. The molecule has 0 radical (unpaired) electrons. The number of piperazine rings is 1. The number of carbonyl (C=O) groups is 2. The molecular weight excluding hydrogens is 368 g/mol. The van der Waals surface area contributed by atoms with Gasteiger partial charge in [-0.05, 0) is 27.7 Å². The Hall–Kier alpha value is -2.42. The van der Waals surface area contributed by atoms with E-state index in [0.29, 0.717) is 49.6 Å². The van der Waals surface area contributed by atoms with Gasteiger partial charge in [0.15, 0.2) is 0 Å². The van der Waals surface area contributed by atoms with Crippen LogP contribution in [0, 0.1) is 0 Å². The lowest BCUT2D eigenvalue weighted by Gasteiger charge is -2.36. The summed E-state index contributed by atoms with van der Waals surface area (Å²) in [6.45, 7) is 9.91. The number of amides is 1. The van der Waals surface area contributed by atoms with Crippen LogP contribution in [0.4, 0.5) is 10.6 Å². The SMILES string of the molecule is CCOC(=O)c1csc2ncnc(N3CCN(C(=O)OC(C)(C)C)CC3)c12. The lowest BCUT2D eigenvalue weighted by atomic mass is 10.2. The molecule has 1 fully saturated rings. The Kier molecular flexibility index (Phi) is 5.50. The Morgan fingerprint density at radius 3 is 2.52 bits per heavy atom. The van der Waals surface area contributed by atoms with E-state index in [0.717, 1.165) is 4.83 Å². The number of fused-ring (bicyclic) bond motifs is 1. The van der Waals surface area contributed by atoms with Crippen LogP contribution in [0.5, 0.6) is 0 Å². The standard InChI is InChI=1S/C18H24N4O4S/c1-5-25-16(23)12-10-27-15-13(12)14(19-11-20-15)21-6-8-22(9-7-21)17(24)26-18(2,3)4/h10-11H,5-9H2,1-4H3. The number of carbonyl (C=O) groups excluding carboxylic acids is 2. The van der Waals surface area contributed by atoms with E-state index in [-0.39, 0.29) is 12.1 Å². The van der Waals surface area contributed by atoms with Gasteiger partial charge in [0.2, 0.25) is 0 Å². The van der Waals surface area contributed by atoms with Gasteiger partial charge in [-0.25, -0.2) is 19.6 Å². The molecule has 0 aliphatic carbocycles. The van der Waals surface area contributed by atoms with Crippen LogP contribution in [-0.2, 0) is 9.47 Å². The van der Waals surface area contributed by atoms with E-state index in [9.17, 15) is 9.59 Å². The first kappa shape index (κ1) is 19.3. The summed E-state index contributed by atoms with van der Waals surface area (Å²) in [5.74, 6) is 0.334. The number of anilines is 1. The zero-order valence-electron chi connectivity index (χ0n) is 16.0. The summed E-state index contributed by atoms with van der Waals surface area (Å²) in [6.07, 6.45) is 1.20. The van der Waals surface area contributed by atoms with E-state index < -0.39 is 5.60 Å². The van der Waals surface area contributed by atoms with E-state index in [2.05, 4.69) is 14.9 Å². The second-order valence-electron chi connectivity index (χ2n) is 7.20. The molecule has 1 aliphatic rings. The fraction of sp³-hybridized carbons (Fsp3) is 0.556. The van der Waals surface area contributed by atoms with E-state index in [1.54, 1.807) is 17.2 Å². The maximum atomic E-state index is 12.3. The third-order valence-corrected chi connectivity index (χ3v) is 4.96. The predicted octanol–water partition coefficient (Wildman–Crippen LogP) is 2.93. The molecule has 0 bridgehead atoms. The summed E-state index contributed by atoms with van der Waals surface area (Å²) in [5.41, 5.74) is -0.0276. The molecule has 146 valence electrons. The lowest BCUT2D eigenvalue weighted by molar-refractivity contribution is 0.0240. The van der Waals surface area contributed by atoms with Crippen molar-refractivity contribution in [2.75, 3.05) is 37.7 Å². The topological polar surface area (TPSA) is 84.9 Å². The van der Waals surface area contributed by atoms with Crippen LogP contribution in [0.15, 0.2) is 11.7 Å². The van der Waals surface area contributed by atoms with E-state index in [1.165, 1.54) is 17.7 Å². The summed E-state index contributed by atoms with van der Waals surface area (Å²) in [5, 5.41) is 2.48. The van der Waals surface area contributed by atoms with Crippen LogP contribution in [0.1, 0.15) is 38.1 Å². The highest BCUT2D eigenvalue weighted by molar-refractivity contribution is 7.17. The largest absolute Gasteiger partial charge is 0.462 e. The average Bonchev–Trinajstić information content (AvgIpc) is 3.05. The van der Waals surface area contributed by atoms with E-state index in [4.69, 9.17) is 9.47 Å². The molecule has 0 atom stereocenters. The first-order valence-electron chi connectivity index (χ1n) is 8.92. The van der Waals surface area contributed by atoms with E-state index >= 15 is 0 Å². The second kappa shape index (κ2) is 7.67. The molecule has 2 aromatic heterocycles. The summed E-state index contributed by atoms with van der Waals surface area (Å²) in [7, 11) is 0. The van der Waals surface area contributed by atoms with Crippen molar-refractivity contribution < 1.29 is 19.1 Å². The van der Waals surface area contributed by atoms with Crippen molar-refractivity contribution in [3.63, 3.8) is 0 Å². The van der Waals surface area contributed by atoms with Gasteiger partial charge in [-0.15, -0.1) is 11.3 Å². The van der Waals surface area contributed by atoms with Crippen molar-refractivity contribution in [1.82, 2.24) is 14.9 Å². The molecule has 1 amide bonds. The van der Waals surface area contributed by atoms with Crippen LogP contribution in [0.25, 0.3) is 10.2 Å². The van der Waals surface area contributed by atoms with Crippen LogP contribution in [-0.4, -0.2) is 65.3 Å². The summed E-state index contributed by atoms with van der Waals surface area (Å²) < 4.78 is 10.6. The Labute approximate surface area is 162 Å². The van der Waals surface area contributed by atoms with Crippen molar-refractivity contribution >= 4 is 39.4 Å². The zero-order chi connectivity index (χ0) is 19.6. The van der Waals surface area contributed by atoms with Crippen molar-refractivity contribution in [2.24, 2.45) is 0 Å². The molecule has 1 aliphatic heterocycles. The molecule has 8 nitrogen and oxygen atoms in total. The van der Waals surface area contributed by atoms with Gasteiger partial charge in [0, 0.05) is 31.6 Å². The number of aromatic nitrogens is 2. The summed E-state index contributed by atoms with van der Waals surface area (Å²) >= 11 is 1.39. The number of hydrogen-bond acceptors (Lipinski definition) is 8. The van der Waals surface area contributed by atoms with Crippen molar-refractivity contribution in [1.29, 1.82) is 0 Å². The molecule has 0 unspecified atom stereocenters. The minimum absolute atomic E-state index is 0.308. The quantitative estimate of drug-likeness (QED) is 0.743. The molecule has 2 aromatic rings. The maximum Gasteiger partial charge on any atom is 0.410 e. The summed E-state index contributed by atoms with van der Waals surface area (Å²) in [6, 6.07) is 0. The van der Waals surface area contributed by atoms with Gasteiger partial charge in [0.1, 0.15) is 22.6 Å². The molecule has 3 heterocycles. The smallest absolute Gasteiger partial charge is 0.410 e. The molecule has 27 heavy (non-hydrogen) atoms. The number of nitrogens with zero attached hydrogens (tertiary/aromatic N) is 4. The first-order chi connectivity index (χ1) is 12.8. The minimum atomic E-state index is -0.516. The Balaban J connectivity index is 1.78. The molecule has 0 saturated carbocycles. The number of esters is 1. The Morgan fingerprint density at radius 2 is 1.89 bits per heavy atom. The monoisotopic (exact) mass is 392 g/mol. The van der Waals surface area contributed by atoms with Crippen LogP contribution in [0.2, 0.25) is 0 Å². The number of thiophene rings is 1. The molecule has 0 aromatic carbocycles. The predicted molar refractivity (Wildman–Crippen MR) is 103 cm³/mol. The molecule has 0 N–H and O–H groups in total. The normalized spacial score (nSPS) is 15.1. The number of hydrogen-bond donors (Lipinski definition) is 0. The van der Waals surface area contributed by atoms with Gasteiger partial charge >= 0.3 is 12.1 Å². The van der Waals surface area contributed by atoms with Gasteiger partial charge in [0.05, 0.1) is 17.6 Å². The fourth-order valence-corrected chi connectivity index (χ4v) is 3.76. The highest BCUT2D eigenvalue weighted by atomic mass is 32.1. The van der Waals surface area contributed by atoms with Gasteiger partial charge in [-0.1, -0.05) is 0 Å².